The lowest BCUT2D eigenvalue weighted by atomic mass is 9.53. The topological polar surface area (TPSA) is 20.2 Å². The van der Waals surface area contributed by atoms with Crippen LogP contribution in [0.5, 0.6) is 0 Å². The third-order valence-electron chi connectivity index (χ3n) is 3.90. The van der Waals surface area contributed by atoms with E-state index in [9.17, 15) is 5.11 Å². The first-order valence-electron chi connectivity index (χ1n) is 5.01. The van der Waals surface area contributed by atoms with Crippen LogP contribution in [0.2, 0.25) is 0 Å². The number of halogens is 2. The van der Waals surface area contributed by atoms with Gasteiger partial charge in [-0.25, -0.2) is 0 Å². The van der Waals surface area contributed by atoms with Gasteiger partial charge in [0.05, 0.1) is 5.60 Å². The molecular weight excluding hydrogens is 207 g/mol. The molecule has 0 amide bonds. The summed E-state index contributed by atoms with van der Waals surface area (Å²) in [6.07, 6.45) is 5.45. The summed E-state index contributed by atoms with van der Waals surface area (Å²) in [5.74, 6) is 0.566. The number of hydrogen-bond acceptors (Lipinski definition) is 1. The Balaban J connectivity index is 2.03. The molecule has 74 valence electrons. The third kappa shape index (κ3) is 1.24. The Labute approximate surface area is 88.4 Å². The number of alkyl halides is 2. The minimum atomic E-state index is -0.539. The molecule has 4 saturated carbocycles. The van der Waals surface area contributed by atoms with Crippen molar-refractivity contribution in [3.05, 3.63) is 0 Å². The minimum absolute atomic E-state index is 0.185. The molecule has 0 aromatic rings. The average molecular weight is 221 g/mol. The highest BCUT2D eigenvalue weighted by atomic mass is 35.5. The highest BCUT2D eigenvalue weighted by Gasteiger charge is 2.62. The molecule has 1 nitrogen and oxygen atoms in total. The Morgan fingerprint density at radius 1 is 0.923 bits per heavy atom. The Morgan fingerprint density at radius 2 is 1.46 bits per heavy atom. The quantitative estimate of drug-likeness (QED) is 0.623. The van der Waals surface area contributed by atoms with Gasteiger partial charge in [-0.1, -0.05) is 0 Å². The van der Waals surface area contributed by atoms with Gasteiger partial charge < -0.3 is 5.11 Å². The Kier molecular flexibility index (Phi) is 1.49. The van der Waals surface area contributed by atoms with Crippen LogP contribution < -0.4 is 0 Å². The lowest BCUT2D eigenvalue weighted by Gasteiger charge is -2.61. The summed E-state index contributed by atoms with van der Waals surface area (Å²) in [5, 5.41) is 10.3. The molecule has 4 rings (SSSR count). The fourth-order valence-corrected chi connectivity index (χ4v) is 5.67. The monoisotopic (exact) mass is 220 g/mol. The molecule has 3 heteroatoms. The van der Waals surface area contributed by atoms with Crippen molar-refractivity contribution in [3.8, 4) is 0 Å². The molecule has 1 N–H and O–H groups in total. The van der Waals surface area contributed by atoms with Crippen LogP contribution in [-0.4, -0.2) is 20.5 Å². The first kappa shape index (κ1) is 8.82. The maximum atomic E-state index is 10.3. The van der Waals surface area contributed by atoms with E-state index in [1.54, 1.807) is 0 Å². The zero-order valence-corrected chi connectivity index (χ0v) is 9.03. The first-order chi connectivity index (χ1) is 5.91. The van der Waals surface area contributed by atoms with Crippen LogP contribution >= 0.6 is 23.2 Å². The van der Waals surface area contributed by atoms with Crippen molar-refractivity contribution in [2.45, 2.75) is 53.9 Å². The summed E-state index contributed by atoms with van der Waals surface area (Å²) in [4.78, 5) is -0.369. The SMILES string of the molecule is OC12CC3CC(Cl)(C1)CC(Cl)(C3)C2. The van der Waals surface area contributed by atoms with Crippen LogP contribution in [0, 0.1) is 5.92 Å². The van der Waals surface area contributed by atoms with Gasteiger partial charge in [0.2, 0.25) is 0 Å². The molecule has 0 heterocycles. The van der Waals surface area contributed by atoms with Crippen molar-refractivity contribution in [2.75, 3.05) is 0 Å². The average Bonchev–Trinajstić information content (AvgIpc) is 1.71. The maximum Gasteiger partial charge on any atom is 0.0684 e. The third-order valence-corrected chi connectivity index (χ3v) is 4.75. The van der Waals surface area contributed by atoms with Crippen LogP contribution in [0.1, 0.15) is 38.5 Å². The largest absolute Gasteiger partial charge is 0.390 e. The molecule has 4 fully saturated rings. The van der Waals surface area contributed by atoms with Crippen LogP contribution in [0.4, 0.5) is 0 Å². The lowest BCUT2D eigenvalue weighted by Crippen LogP contribution is -2.62. The Morgan fingerprint density at radius 3 is 1.85 bits per heavy atom. The molecule has 13 heavy (non-hydrogen) atoms. The predicted octanol–water partition coefficient (Wildman–Crippen LogP) is 2.67. The van der Waals surface area contributed by atoms with Crippen molar-refractivity contribution < 1.29 is 5.11 Å². The standard InChI is InChI=1S/C10H14Cl2O/c11-8-1-7-2-9(12,4-8)6-10(13,3-7)5-8/h7,13H,1-6H2. The number of hydrogen-bond donors (Lipinski definition) is 1. The van der Waals surface area contributed by atoms with Crippen LogP contribution in [0.25, 0.3) is 0 Å². The minimum Gasteiger partial charge on any atom is -0.390 e. The first-order valence-corrected chi connectivity index (χ1v) is 5.76. The maximum absolute atomic E-state index is 10.3. The second-order valence-electron chi connectivity index (χ2n) is 5.53. The molecule has 4 bridgehead atoms. The van der Waals surface area contributed by atoms with E-state index in [-0.39, 0.29) is 9.75 Å². The zero-order chi connectivity index (χ0) is 9.32. The predicted molar refractivity (Wildman–Crippen MR) is 53.3 cm³/mol. The van der Waals surface area contributed by atoms with E-state index in [4.69, 9.17) is 23.2 Å². The van der Waals surface area contributed by atoms with Gasteiger partial charge in [0.15, 0.2) is 0 Å². The fourth-order valence-electron chi connectivity index (χ4n) is 4.16. The van der Waals surface area contributed by atoms with Gasteiger partial charge in [-0.3, -0.25) is 0 Å². The summed E-state index contributed by atoms with van der Waals surface area (Å²) in [5.41, 5.74) is -0.539. The van der Waals surface area contributed by atoms with Crippen molar-refractivity contribution >= 4 is 23.2 Å². The summed E-state index contributed by atoms with van der Waals surface area (Å²) < 4.78 is 0. The molecule has 2 atom stereocenters. The molecule has 0 aromatic carbocycles. The van der Waals surface area contributed by atoms with E-state index in [1.807, 2.05) is 0 Å². The van der Waals surface area contributed by atoms with Crippen molar-refractivity contribution in [1.82, 2.24) is 0 Å². The molecule has 0 saturated heterocycles. The van der Waals surface area contributed by atoms with Gasteiger partial charge in [-0.05, 0) is 44.4 Å². The van der Waals surface area contributed by atoms with Gasteiger partial charge in [0.1, 0.15) is 0 Å². The van der Waals surface area contributed by atoms with Crippen molar-refractivity contribution in [2.24, 2.45) is 5.92 Å². The summed E-state index contributed by atoms with van der Waals surface area (Å²) >= 11 is 12.9. The smallest absolute Gasteiger partial charge is 0.0684 e. The van der Waals surface area contributed by atoms with Crippen molar-refractivity contribution in [1.29, 1.82) is 0 Å². The van der Waals surface area contributed by atoms with Crippen molar-refractivity contribution in [3.63, 3.8) is 0 Å². The summed E-state index contributed by atoms with van der Waals surface area (Å²) in [7, 11) is 0. The van der Waals surface area contributed by atoms with E-state index >= 15 is 0 Å². The summed E-state index contributed by atoms with van der Waals surface area (Å²) in [6, 6.07) is 0. The lowest BCUT2D eigenvalue weighted by molar-refractivity contribution is -0.107. The molecule has 2 unspecified atom stereocenters. The van der Waals surface area contributed by atoms with Gasteiger partial charge >= 0.3 is 0 Å². The Hall–Kier alpha value is 0.540. The van der Waals surface area contributed by atoms with Gasteiger partial charge in [0, 0.05) is 9.75 Å². The van der Waals surface area contributed by atoms with E-state index in [2.05, 4.69) is 0 Å². The molecule has 4 aliphatic rings. The zero-order valence-electron chi connectivity index (χ0n) is 7.52. The second kappa shape index (κ2) is 2.20. The highest BCUT2D eigenvalue weighted by molar-refractivity contribution is 6.28. The number of rotatable bonds is 0. The van der Waals surface area contributed by atoms with E-state index in [0.29, 0.717) is 5.92 Å². The second-order valence-corrected chi connectivity index (χ2v) is 7.14. The fraction of sp³-hybridized carbons (Fsp3) is 1.00. The van der Waals surface area contributed by atoms with E-state index < -0.39 is 5.60 Å². The van der Waals surface area contributed by atoms with Gasteiger partial charge in [-0.15, -0.1) is 23.2 Å². The highest BCUT2D eigenvalue weighted by Crippen LogP contribution is 2.63. The molecule has 4 aliphatic carbocycles. The van der Waals surface area contributed by atoms with Gasteiger partial charge in [-0.2, -0.15) is 0 Å². The van der Waals surface area contributed by atoms with E-state index in [1.165, 1.54) is 0 Å². The normalized spacial score (nSPS) is 64.4. The van der Waals surface area contributed by atoms with Crippen LogP contribution in [0.15, 0.2) is 0 Å². The van der Waals surface area contributed by atoms with Gasteiger partial charge in [0.25, 0.3) is 0 Å². The summed E-state index contributed by atoms with van der Waals surface area (Å²) in [6.45, 7) is 0. The molecule has 0 spiro atoms. The Bertz CT molecular complexity index is 215. The molecule has 0 aliphatic heterocycles. The molecular formula is C10H14Cl2O. The molecule has 0 radical (unpaired) electrons. The van der Waals surface area contributed by atoms with Crippen LogP contribution in [0.3, 0.4) is 0 Å². The number of aliphatic hydroxyl groups is 1. The van der Waals surface area contributed by atoms with Crippen LogP contribution in [-0.2, 0) is 0 Å². The van der Waals surface area contributed by atoms with E-state index in [0.717, 1.165) is 38.5 Å². The molecule has 0 aromatic heterocycles.